The maximum atomic E-state index is 11.6. The van der Waals surface area contributed by atoms with Crippen LogP contribution in [0.5, 0.6) is 0 Å². The standard InChI is InChI=1S/C12H19N3O/c16-12(14-15-8-1-2-9-15)6-5-11-4-3-7-13-10-11/h1-2,8-9,11,13H,3-7,10H2,(H,14,16). The van der Waals surface area contributed by atoms with Gasteiger partial charge in [-0.3, -0.25) is 14.9 Å². The lowest BCUT2D eigenvalue weighted by Gasteiger charge is -2.22. The Labute approximate surface area is 96.0 Å². The first-order valence-electron chi connectivity index (χ1n) is 5.98. The van der Waals surface area contributed by atoms with Crippen LogP contribution in [-0.2, 0) is 4.79 Å². The smallest absolute Gasteiger partial charge is 0.238 e. The van der Waals surface area contributed by atoms with Crippen molar-refractivity contribution in [1.29, 1.82) is 0 Å². The monoisotopic (exact) mass is 221 g/mol. The molecule has 2 rings (SSSR count). The van der Waals surface area contributed by atoms with E-state index in [0.717, 1.165) is 19.5 Å². The summed E-state index contributed by atoms with van der Waals surface area (Å²) < 4.78 is 1.70. The van der Waals surface area contributed by atoms with E-state index in [1.54, 1.807) is 4.68 Å². The summed E-state index contributed by atoms with van der Waals surface area (Å²) in [5.74, 6) is 0.769. The van der Waals surface area contributed by atoms with Gasteiger partial charge in [-0.25, -0.2) is 0 Å². The van der Waals surface area contributed by atoms with E-state index in [1.165, 1.54) is 12.8 Å². The quantitative estimate of drug-likeness (QED) is 0.806. The van der Waals surface area contributed by atoms with Gasteiger partial charge in [0.25, 0.3) is 0 Å². The van der Waals surface area contributed by atoms with Gasteiger partial charge in [0.2, 0.25) is 5.91 Å². The minimum atomic E-state index is 0.0989. The largest absolute Gasteiger partial charge is 0.316 e. The van der Waals surface area contributed by atoms with E-state index in [2.05, 4.69) is 10.7 Å². The van der Waals surface area contributed by atoms with Crippen LogP contribution in [0.3, 0.4) is 0 Å². The molecule has 4 heteroatoms. The van der Waals surface area contributed by atoms with Crippen molar-refractivity contribution in [2.24, 2.45) is 5.92 Å². The Bertz CT molecular complexity index is 315. The number of rotatable bonds is 4. The number of nitrogens with one attached hydrogen (secondary N) is 2. The van der Waals surface area contributed by atoms with Crippen LogP contribution in [0.4, 0.5) is 0 Å². The number of hydrogen-bond donors (Lipinski definition) is 2. The van der Waals surface area contributed by atoms with Crippen molar-refractivity contribution in [3.63, 3.8) is 0 Å². The van der Waals surface area contributed by atoms with E-state index >= 15 is 0 Å². The molecule has 0 radical (unpaired) electrons. The first-order chi connectivity index (χ1) is 7.84. The molecule has 0 spiro atoms. The maximum absolute atomic E-state index is 11.6. The molecule has 1 fully saturated rings. The van der Waals surface area contributed by atoms with Gasteiger partial charge >= 0.3 is 0 Å². The second-order valence-corrected chi connectivity index (χ2v) is 4.38. The Hall–Kier alpha value is -1.29. The minimum absolute atomic E-state index is 0.0989. The van der Waals surface area contributed by atoms with E-state index in [0.29, 0.717) is 12.3 Å². The third-order valence-electron chi connectivity index (χ3n) is 3.04. The minimum Gasteiger partial charge on any atom is -0.316 e. The van der Waals surface area contributed by atoms with Crippen molar-refractivity contribution < 1.29 is 4.79 Å². The number of carbonyl (C=O) groups is 1. The van der Waals surface area contributed by atoms with Crippen LogP contribution in [0.25, 0.3) is 0 Å². The average molecular weight is 221 g/mol. The summed E-state index contributed by atoms with van der Waals surface area (Å²) in [5.41, 5.74) is 2.82. The van der Waals surface area contributed by atoms with Gasteiger partial charge in [-0.1, -0.05) is 0 Å². The number of piperidine rings is 1. The second kappa shape index (κ2) is 5.70. The van der Waals surface area contributed by atoms with Crippen LogP contribution in [0.2, 0.25) is 0 Å². The van der Waals surface area contributed by atoms with Gasteiger partial charge in [0.1, 0.15) is 0 Å². The predicted octanol–water partition coefficient (Wildman–Crippen LogP) is 1.34. The van der Waals surface area contributed by atoms with Crippen molar-refractivity contribution in [1.82, 2.24) is 9.99 Å². The van der Waals surface area contributed by atoms with Crippen LogP contribution in [0.15, 0.2) is 24.5 Å². The molecule has 2 N–H and O–H groups in total. The molecule has 4 nitrogen and oxygen atoms in total. The van der Waals surface area contributed by atoms with Gasteiger partial charge in [-0.2, -0.15) is 0 Å². The lowest BCUT2D eigenvalue weighted by atomic mass is 9.95. The van der Waals surface area contributed by atoms with Gasteiger partial charge < -0.3 is 5.32 Å². The molecule has 1 amide bonds. The number of nitrogens with zero attached hydrogens (tertiary/aromatic N) is 1. The van der Waals surface area contributed by atoms with Gasteiger partial charge in [0.15, 0.2) is 0 Å². The van der Waals surface area contributed by atoms with E-state index < -0.39 is 0 Å². The van der Waals surface area contributed by atoms with E-state index in [-0.39, 0.29) is 5.91 Å². The second-order valence-electron chi connectivity index (χ2n) is 4.38. The molecule has 0 aromatic carbocycles. The fourth-order valence-electron chi connectivity index (χ4n) is 2.11. The topological polar surface area (TPSA) is 46.1 Å². The predicted molar refractivity (Wildman–Crippen MR) is 63.6 cm³/mol. The molecule has 1 atom stereocenters. The van der Waals surface area contributed by atoms with Crippen molar-refractivity contribution in [2.45, 2.75) is 25.7 Å². The summed E-state index contributed by atoms with van der Waals surface area (Å²) in [5, 5.41) is 3.37. The first kappa shape index (κ1) is 11.2. The molecule has 1 unspecified atom stereocenters. The molecule has 2 heterocycles. The Balaban J connectivity index is 1.67. The van der Waals surface area contributed by atoms with Gasteiger partial charge in [0.05, 0.1) is 0 Å². The number of amides is 1. The molecule has 1 aliphatic heterocycles. The Morgan fingerprint density at radius 3 is 2.94 bits per heavy atom. The first-order valence-corrected chi connectivity index (χ1v) is 5.98. The van der Waals surface area contributed by atoms with Gasteiger partial charge in [-0.05, 0) is 50.4 Å². The van der Waals surface area contributed by atoms with Crippen LogP contribution < -0.4 is 10.7 Å². The average Bonchev–Trinajstić information content (AvgIpc) is 2.81. The highest BCUT2D eigenvalue weighted by Gasteiger charge is 2.14. The SMILES string of the molecule is O=C(CCC1CCCNC1)Nn1cccc1. The Morgan fingerprint density at radius 1 is 1.44 bits per heavy atom. The molecule has 16 heavy (non-hydrogen) atoms. The molecule has 1 aliphatic rings. The van der Waals surface area contributed by atoms with Crippen molar-refractivity contribution in [3.05, 3.63) is 24.5 Å². The van der Waals surface area contributed by atoms with Crippen molar-refractivity contribution >= 4 is 5.91 Å². The molecule has 1 aromatic rings. The van der Waals surface area contributed by atoms with Gasteiger partial charge in [-0.15, -0.1) is 0 Å². The Morgan fingerprint density at radius 2 is 2.25 bits per heavy atom. The molecular weight excluding hydrogens is 202 g/mol. The maximum Gasteiger partial charge on any atom is 0.238 e. The van der Waals surface area contributed by atoms with Crippen LogP contribution >= 0.6 is 0 Å². The molecule has 0 saturated carbocycles. The molecule has 1 saturated heterocycles. The van der Waals surface area contributed by atoms with Crippen LogP contribution in [0.1, 0.15) is 25.7 Å². The van der Waals surface area contributed by atoms with E-state index in [9.17, 15) is 4.79 Å². The molecule has 0 bridgehead atoms. The molecular formula is C12H19N3O. The zero-order chi connectivity index (χ0) is 11.2. The van der Waals surface area contributed by atoms with Crippen molar-refractivity contribution in [3.8, 4) is 0 Å². The molecule has 0 aliphatic carbocycles. The van der Waals surface area contributed by atoms with Crippen LogP contribution in [-0.4, -0.2) is 23.7 Å². The van der Waals surface area contributed by atoms with Crippen molar-refractivity contribution in [2.75, 3.05) is 18.5 Å². The normalized spacial score (nSPS) is 20.6. The van der Waals surface area contributed by atoms with Gasteiger partial charge in [0, 0.05) is 18.8 Å². The fraction of sp³-hybridized carbons (Fsp3) is 0.583. The highest BCUT2D eigenvalue weighted by atomic mass is 16.2. The third-order valence-corrected chi connectivity index (χ3v) is 3.04. The highest BCUT2D eigenvalue weighted by Crippen LogP contribution is 2.15. The zero-order valence-electron chi connectivity index (χ0n) is 9.48. The summed E-state index contributed by atoms with van der Waals surface area (Å²) >= 11 is 0. The number of aromatic nitrogens is 1. The molecule has 1 aromatic heterocycles. The summed E-state index contributed by atoms with van der Waals surface area (Å²) in [6, 6.07) is 3.79. The summed E-state index contributed by atoms with van der Waals surface area (Å²) in [6.45, 7) is 2.20. The highest BCUT2D eigenvalue weighted by molar-refractivity contribution is 5.83. The Kier molecular flexibility index (Phi) is 3.99. The lowest BCUT2D eigenvalue weighted by Crippen LogP contribution is -2.30. The van der Waals surface area contributed by atoms with E-state index in [1.807, 2.05) is 24.5 Å². The lowest BCUT2D eigenvalue weighted by molar-refractivity contribution is -0.117. The fourth-order valence-corrected chi connectivity index (χ4v) is 2.11. The number of hydrogen-bond acceptors (Lipinski definition) is 2. The zero-order valence-corrected chi connectivity index (χ0v) is 9.48. The molecule has 88 valence electrons. The van der Waals surface area contributed by atoms with E-state index in [4.69, 9.17) is 0 Å². The summed E-state index contributed by atoms with van der Waals surface area (Å²) in [4.78, 5) is 11.6. The summed E-state index contributed by atoms with van der Waals surface area (Å²) in [6.07, 6.45) is 7.76. The number of carbonyl (C=O) groups excluding carboxylic acids is 1. The third kappa shape index (κ3) is 3.38. The summed E-state index contributed by atoms with van der Waals surface area (Å²) in [7, 11) is 0. The van der Waals surface area contributed by atoms with Crippen LogP contribution in [0, 0.1) is 5.92 Å².